The van der Waals surface area contributed by atoms with E-state index >= 15 is 0 Å². The third-order valence-corrected chi connectivity index (χ3v) is 2.55. The highest BCUT2D eigenvalue weighted by atomic mass is 16.5. The highest BCUT2D eigenvalue weighted by Gasteiger charge is 2.22. The van der Waals surface area contributed by atoms with Crippen LogP contribution in [0.1, 0.15) is 24.4 Å². The lowest BCUT2D eigenvalue weighted by atomic mass is 10.0. The molecular formula is C11H14N2O. The average Bonchev–Trinajstić information content (AvgIpc) is 2.65. The number of para-hydroxylation sites is 1. The molecule has 3 heteroatoms. The zero-order chi connectivity index (χ0) is 9.97. The predicted molar refractivity (Wildman–Crippen MR) is 55.8 cm³/mol. The highest BCUT2D eigenvalue weighted by molar-refractivity contribution is 5.81. The fraction of sp³-hybridized carbons (Fsp3) is 0.364. The Balaban J connectivity index is 2.27. The molecule has 1 unspecified atom stereocenters. The van der Waals surface area contributed by atoms with Crippen molar-refractivity contribution >= 4 is 5.84 Å². The smallest absolute Gasteiger partial charge is 0.124 e. The van der Waals surface area contributed by atoms with Crippen molar-refractivity contribution in [2.75, 3.05) is 7.11 Å². The first-order chi connectivity index (χ1) is 6.81. The molecule has 2 rings (SSSR count). The molecule has 0 amide bonds. The van der Waals surface area contributed by atoms with Gasteiger partial charge in [-0.3, -0.25) is 5.41 Å². The molecule has 0 spiro atoms. The SMILES string of the molecule is COc1ccccc1C1CCC(=N)N1. The van der Waals surface area contributed by atoms with Crippen molar-refractivity contribution in [3.63, 3.8) is 0 Å². The molecule has 1 aromatic rings. The number of hydrogen-bond donors (Lipinski definition) is 2. The van der Waals surface area contributed by atoms with Crippen LogP contribution in [0.3, 0.4) is 0 Å². The van der Waals surface area contributed by atoms with Crippen molar-refractivity contribution in [1.29, 1.82) is 5.41 Å². The van der Waals surface area contributed by atoms with E-state index in [9.17, 15) is 0 Å². The minimum absolute atomic E-state index is 0.249. The van der Waals surface area contributed by atoms with Crippen LogP contribution in [0, 0.1) is 5.41 Å². The van der Waals surface area contributed by atoms with Crippen LogP contribution >= 0.6 is 0 Å². The van der Waals surface area contributed by atoms with Gasteiger partial charge in [-0.1, -0.05) is 18.2 Å². The molecule has 1 heterocycles. The van der Waals surface area contributed by atoms with Crippen LogP contribution < -0.4 is 10.1 Å². The van der Waals surface area contributed by atoms with E-state index in [2.05, 4.69) is 11.4 Å². The largest absolute Gasteiger partial charge is 0.496 e. The first kappa shape index (κ1) is 9.06. The van der Waals surface area contributed by atoms with E-state index in [1.807, 2.05) is 18.2 Å². The Morgan fingerprint density at radius 3 is 2.86 bits per heavy atom. The molecule has 1 aromatic carbocycles. The van der Waals surface area contributed by atoms with Crippen molar-refractivity contribution in [3.8, 4) is 5.75 Å². The summed E-state index contributed by atoms with van der Waals surface area (Å²) < 4.78 is 5.28. The van der Waals surface area contributed by atoms with Crippen molar-refractivity contribution < 1.29 is 4.74 Å². The summed E-state index contributed by atoms with van der Waals surface area (Å²) >= 11 is 0. The number of benzene rings is 1. The van der Waals surface area contributed by atoms with Gasteiger partial charge in [-0.25, -0.2) is 0 Å². The maximum absolute atomic E-state index is 7.50. The molecular weight excluding hydrogens is 176 g/mol. The highest BCUT2D eigenvalue weighted by Crippen LogP contribution is 2.30. The molecule has 0 bridgehead atoms. The number of methoxy groups -OCH3 is 1. The Bertz CT molecular complexity index is 349. The summed E-state index contributed by atoms with van der Waals surface area (Å²) in [7, 11) is 1.68. The van der Waals surface area contributed by atoms with Crippen molar-refractivity contribution in [3.05, 3.63) is 29.8 Å². The monoisotopic (exact) mass is 190 g/mol. The summed E-state index contributed by atoms with van der Waals surface area (Å²) in [5.74, 6) is 1.53. The van der Waals surface area contributed by atoms with Crippen LogP contribution in [0.4, 0.5) is 0 Å². The van der Waals surface area contributed by atoms with Gasteiger partial charge in [0, 0.05) is 12.0 Å². The zero-order valence-electron chi connectivity index (χ0n) is 8.21. The van der Waals surface area contributed by atoms with Crippen LogP contribution in [0.2, 0.25) is 0 Å². The second-order valence-corrected chi connectivity index (χ2v) is 3.46. The Kier molecular flexibility index (Phi) is 2.39. The number of ether oxygens (including phenoxy) is 1. The van der Waals surface area contributed by atoms with E-state index in [0.29, 0.717) is 5.84 Å². The summed E-state index contributed by atoms with van der Waals surface area (Å²) in [5.41, 5.74) is 1.15. The Morgan fingerprint density at radius 1 is 1.43 bits per heavy atom. The molecule has 3 nitrogen and oxygen atoms in total. The maximum Gasteiger partial charge on any atom is 0.124 e. The number of amidine groups is 1. The van der Waals surface area contributed by atoms with Gasteiger partial charge in [-0.15, -0.1) is 0 Å². The Morgan fingerprint density at radius 2 is 2.21 bits per heavy atom. The second kappa shape index (κ2) is 3.70. The number of hydrogen-bond acceptors (Lipinski definition) is 2. The average molecular weight is 190 g/mol. The van der Waals surface area contributed by atoms with Crippen LogP contribution in [0.15, 0.2) is 24.3 Å². The molecule has 1 saturated heterocycles. The third-order valence-electron chi connectivity index (χ3n) is 2.55. The normalized spacial score (nSPS) is 20.6. The lowest BCUT2D eigenvalue weighted by Gasteiger charge is -2.14. The van der Waals surface area contributed by atoms with Gasteiger partial charge in [-0.2, -0.15) is 0 Å². The molecule has 1 aliphatic rings. The minimum atomic E-state index is 0.249. The van der Waals surface area contributed by atoms with E-state index < -0.39 is 0 Å². The van der Waals surface area contributed by atoms with Crippen LogP contribution in [0.25, 0.3) is 0 Å². The van der Waals surface area contributed by atoms with Crippen LogP contribution in [-0.4, -0.2) is 12.9 Å². The van der Waals surface area contributed by atoms with Gasteiger partial charge in [0.1, 0.15) is 5.75 Å². The summed E-state index contributed by atoms with van der Waals surface area (Å²) in [5, 5.41) is 10.7. The lowest BCUT2D eigenvalue weighted by Crippen LogP contribution is -2.18. The zero-order valence-corrected chi connectivity index (χ0v) is 8.21. The van der Waals surface area contributed by atoms with Crippen molar-refractivity contribution in [2.24, 2.45) is 0 Å². The molecule has 2 N–H and O–H groups in total. The Labute approximate surface area is 83.6 Å². The molecule has 0 aliphatic carbocycles. The van der Waals surface area contributed by atoms with E-state index in [4.69, 9.17) is 10.1 Å². The molecule has 1 fully saturated rings. The molecule has 0 radical (unpaired) electrons. The molecule has 14 heavy (non-hydrogen) atoms. The van der Waals surface area contributed by atoms with E-state index in [1.165, 1.54) is 0 Å². The fourth-order valence-electron chi connectivity index (χ4n) is 1.83. The summed E-state index contributed by atoms with van der Waals surface area (Å²) in [6.07, 6.45) is 1.82. The predicted octanol–water partition coefficient (Wildman–Crippen LogP) is 2.10. The number of rotatable bonds is 2. The van der Waals surface area contributed by atoms with Gasteiger partial charge < -0.3 is 10.1 Å². The first-order valence-electron chi connectivity index (χ1n) is 4.78. The van der Waals surface area contributed by atoms with Gasteiger partial charge in [0.05, 0.1) is 19.0 Å². The van der Waals surface area contributed by atoms with Gasteiger partial charge in [0.25, 0.3) is 0 Å². The maximum atomic E-state index is 7.50. The summed E-state index contributed by atoms with van der Waals surface area (Å²) in [6, 6.07) is 8.22. The minimum Gasteiger partial charge on any atom is -0.496 e. The van der Waals surface area contributed by atoms with Gasteiger partial charge in [0.2, 0.25) is 0 Å². The van der Waals surface area contributed by atoms with E-state index in [-0.39, 0.29) is 6.04 Å². The van der Waals surface area contributed by atoms with Gasteiger partial charge >= 0.3 is 0 Å². The number of nitrogens with one attached hydrogen (secondary N) is 2. The lowest BCUT2D eigenvalue weighted by molar-refractivity contribution is 0.404. The molecule has 0 aromatic heterocycles. The van der Waals surface area contributed by atoms with E-state index in [0.717, 1.165) is 24.2 Å². The fourth-order valence-corrected chi connectivity index (χ4v) is 1.83. The van der Waals surface area contributed by atoms with E-state index in [1.54, 1.807) is 7.11 Å². The van der Waals surface area contributed by atoms with Gasteiger partial charge in [0.15, 0.2) is 0 Å². The van der Waals surface area contributed by atoms with Crippen LogP contribution in [0.5, 0.6) is 5.75 Å². The Hall–Kier alpha value is -1.51. The van der Waals surface area contributed by atoms with Crippen molar-refractivity contribution in [2.45, 2.75) is 18.9 Å². The first-order valence-corrected chi connectivity index (χ1v) is 4.78. The summed E-state index contributed by atoms with van der Waals surface area (Å²) in [4.78, 5) is 0. The van der Waals surface area contributed by atoms with Gasteiger partial charge in [-0.05, 0) is 12.5 Å². The topological polar surface area (TPSA) is 45.1 Å². The third kappa shape index (κ3) is 1.58. The summed E-state index contributed by atoms with van der Waals surface area (Å²) in [6.45, 7) is 0. The van der Waals surface area contributed by atoms with Crippen LogP contribution in [-0.2, 0) is 0 Å². The molecule has 0 saturated carbocycles. The molecule has 1 atom stereocenters. The standard InChI is InChI=1S/C11H14N2O/c1-14-10-5-3-2-4-8(10)9-6-7-11(12)13-9/h2-5,9H,6-7H2,1H3,(H2,12,13). The molecule has 1 aliphatic heterocycles. The molecule has 74 valence electrons. The van der Waals surface area contributed by atoms with Crippen molar-refractivity contribution in [1.82, 2.24) is 5.32 Å². The second-order valence-electron chi connectivity index (χ2n) is 3.46. The quantitative estimate of drug-likeness (QED) is 0.750.